The minimum absolute atomic E-state index is 0.130. The predicted molar refractivity (Wildman–Crippen MR) is 244 cm³/mol. The Hall–Kier alpha value is -0.920. The Kier molecular flexibility index (Phi) is 16.1. The first kappa shape index (κ1) is 55.4. The lowest BCUT2D eigenvalue weighted by Gasteiger charge is -2.62. The minimum Gasteiger partial charge on any atom is -0.394 e. The van der Waals surface area contributed by atoms with Crippen molar-refractivity contribution in [2.24, 2.45) is 52.3 Å². The molecule has 23 nitrogen and oxygen atoms in total. The van der Waals surface area contributed by atoms with Crippen molar-refractivity contribution in [3.63, 3.8) is 0 Å². The van der Waals surface area contributed by atoms with Crippen LogP contribution in [0.15, 0.2) is 0 Å². The van der Waals surface area contributed by atoms with Crippen molar-refractivity contribution in [3.05, 3.63) is 0 Å². The maximum Gasteiger partial charge on any atom is 0.187 e. The van der Waals surface area contributed by atoms with Crippen LogP contribution in [-0.4, -0.2) is 240 Å². The smallest absolute Gasteiger partial charge is 0.187 e. The molecular weight excluding hydrogens is 969 g/mol. The van der Waals surface area contributed by atoms with Gasteiger partial charge in [-0.1, -0.05) is 27.7 Å². The molecule has 73 heavy (non-hydrogen) atoms. The summed E-state index contributed by atoms with van der Waals surface area (Å²) in [6.45, 7) is 7.02. The predicted octanol–water partition coefficient (Wildman–Crippen LogP) is -3.30. The van der Waals surface area contributed by atoms with Crippen LogP contribution in [-0.2, 0) is 47.4 Å². The van der Waals surface area contributed by atoms with Crippen LogP contribution in [0.1, 0.15) is 85.5 Å². The second-order valence-corrected chi connectivity index (χ2v) is 24.0. The third-order valence-corrected chi connectivity index (χ3v) is 20.0. The topological polar surface area (TPSA) is 355 Å². The Morgan fingerprint density at radius 1 is 0.521 bits per heavy atom. The molecule has 10 aliphatic rings. The average molecular weight is 1050 g/mol. The van der Waals surface area contributed by atoms with Crippen LogP contribution in [0.25, 0.3) is 0 Å². The molecule has 420 valence electrons. The summed E-state index contributed by atoms with van der Waals surface area (Å²) in [5, 5.41) is 141. The average Bonchev–Trinajstić information content (AvgIpc) is 3.82. The summed E-state index contributed by atoms with van der Waals surface area (Å²) < 4.78 is 61.1. The highest BCUT2D eigenvalue weighted by atomic mass is 16.8. The number of fused-ring (bicyclic) bond motifs is 7. The molecule has 10 fully saturated rings. The highest BCUT2D eigenvalue weighted by Crippen LogP contribution is 2.71. The molecule has 0 radical (unpaired) electrons. The van der Waals surface area contributed by atoms with Gasteiger partial charge in [0.25, 0.3) is 0 Å². The number of rotatable bonds is 11. The minimum atomic E-state index is -2.02. The van der Waals surface area contributed by atoms with Gasteiger partial charge in [0.1, 0.15) is 91.6 Å². The van der Waals surface area contributed by atoms with E-state index >= 15 is 0 Å². The molecule has 0 aromatic rings. The van der Waals surface area contributed by atoms with E-state index in [1.165, 1.54) is 0 Å². The van der Waals surface area contributed by atoms with Gasteiger partial charge in [-0.05, 0) is 97.7 Å². The zero-order chi connectivity index (χ0) is 52.2. The van der Waals surface area contributed by atoms with E-state index < -0.39 is 161 Å². The van der Waals surface area contributed by atoms with Crippen molar-refractivity contribution >= 4 is 0 Å². The summed E-state index contributed by atoms with van der Waals surface area (Å²) in [4.78, 5) is 0. The molecule has 13 N–H and O–H groups in total. The van der Waals surface area contributed by atoms with Gasteiger partial charge in [-0.25, -0.2) is 0 Å². The van der Waals surface area contributed by atoms with Crippen LogP contribution in [0, 0.1) is 52.3 Å². The zero-order valence-electron chi connectivity index (χ0n) is 42.0. The third kappa shape index (κ3) is 9.49. The van der Waals surface area contributed by atoms with Crippen LogP contribution in [0.4, 0.5) is 0 Å². The lowest BCUT2D eigenvalue weighted by molar-refractivity contribution is -0.404. The summed E-state index contributed by atoms with van der Waals surface area (Å²) in [5.74, 6) is 2.34. The van der Waals surface area contributed by atoms with Crippen LogP contribution < -0.4 is 0 Å². The molecule has 6 saturated heterocycles. The van der Waals surface area contributed by atoms with Gasteiger partial charge in [-0.2, -0.15) is 0 Å². The second-order valence-electron chi connectivity index (χ2n) is 24.0. The van der Waals surface area contributed by atoms with Crippen molar-refractivity contribution in [3.8, 4) is 0 Å². The van der Waals surface area contributed by atoms with E-state index in [9.17, 15) is 66.4 Å². The van der Waals surface area contributed by atoms with Gasteiger partial charge in [-0.15, -0.1) is 0 Å². The van der Waals surface area contributed by atoms with Crippen LogP contribution in [0.3, 0.4) is 0 Å². The van der Waals surface area contributed by atoms with E-state index in [-0.39, 0.29) is 22.9 Å². The van der Waals surface area contributed by atoms with Gasteiger partial charge in [0.2, 0.25) is 0 Å². The Morgan fingerprint density at radius 3 is 1.85 bits per heavy atom. The van der Waals surface area contributed by atoms with Gasteiger partial charge >= 0.3 is 0 Å². The molecule has 1 spiro atoms. The largest absolute Gasteiger partial charge is 0.394 e. The molecule has 0 amide bonds. The van der Waals surface area contributed by atoms with Crippen molar-refractivity contribution in [1.82, 2.24) is 0 Å². The van der Waals surface area contributed by atoms with Crippen LogP contribution in [0.2, 0.25) is 0 Å². The summed E-state index contributed by atoms with van der Waals surface area (Å²) in [6, 6.07) is 0. The zero-order valence-corrected chi connectivity index (χ0v) is 42.0. The number of hydrogen-bond acceptors (Lipinski definition) is 23. The molecule has 10 rings (SSSR count). The van der Waals surface area contributed by atoms with E-state index in [2.05, 4.69) is 27.7 Å². The van der Waals surface area contributed by atoms with Gasteiger partial charge in [0, 0.05) is 12.3 Å². The fraction of sp³-hybridized carbons (Fsp3) is 1.00. The summed E-state index contributed by atoms with van der Waals surface area (Å²) >= 11 is 0. The van der Waals surface area contributed by atoms with E-state index in [1.54, 1.807) is 0 Å². The summed E-state index contributed by atoms with van der Waals surface area (Å²) in [5.41, 5.74) is -0.0565. The summed E-state index contributed by atoms with van der Waals surface area (Å²) in [6.07, 6.45) is -27.2. The first-order chi connectivity index (χ1) is 34.7. The molecule has 0 aromatic carbocycles. The Morgan fingerprint density at radius 2 is 1.15 bits per heavy atom. The maximum absolute atomic E-state index is 12.0. The van der Waals surface area contributed by atoms with E-state index in [0.717, 1.165) is 51.6 Å². The number of aliphatic hydroxyl groups excluding tert-OH is 13. The molecule has 0 bridgehead atoms. The van der Waals surface area contributed by atoms with Crippen molar-refractivity contribution in [1.29, 1.82) is 0 Å². The monoisotopic (exact) mass is 1050 g/mol. The van der Waals surface area contributed by atoms with Gasteiger partial charge in [-0.3, -0.25) is 0 Å². The molecule has 4 aliphatic carbocycles. The Labute approximate surface area is 424 Å². The molecule has 32 atom stereocenters. The molecule has 6 heterocycles. The van der Waals surface area contributed by atoms with Gasteiger partial charge < -0.3 is 114 Å². The SMILES string of the molecule is C[C@@H]1CC[C@@]2(OC1)O[C@H]1C[C@H]3[C@@H]4CC[C@H]5C[C@@H](O[C@@H]6O[C@H](CO)[C@@H](O[C@@H]7O[C@H](CO)[C@@H](O)[C@H](O[C@@H]8OC[C@@H](O)[C@H](O)[C@H]8O)[C@H]7O[C@@H]7O[C@H](CO)[C@H](O)[C@H](O)[C@H]7O)[C@H](O)[C@H]6O)[C@H](O)C[C@]5(C)[C@H]4CC[C@]3(C)[C@H]1[C@@H]2C. The van der Waals surface area contributed by atoms with E-state index in [0.29, 0.717) is 48.3 Å². The van der Waals surface area contributed by atoms with E-state index in [4.69, 9.17) is 47.4 Å². The standard InChI is InChI=1S/C50H82O23/c1-19-7-10-50(65-17-19)20(2)32-28(73-50)12-24-22-6-5-21-11-27(25(54)13-49(21,4)23(22)8-9-48(24,32)3)66-45-40(63)37(60)41(31(16-53)69-45)70-47-43(72-46-39(62)36(59)34(57)29(14-51)67-46)42(35(58)30(15-52)68-47)71-44-38(61)33(56)26(55)18-64-44/h19-47,51-63H,5-18H2,1-4H3/t19-,20+,21+,22-,23+,24+,25-,26-,27-,28+,29-,30-,31-,32+,33+,34+,35-,36+,37-,38-,39-,40-,41-,42+,43-,44+,45-,46+,47+,48+,49+,50-/m1/s1. The number of aliphatic hydroxyl groups is 13. The number of hydrogen-bond donors (Lipinski definition) is 13. The lowest BCUT2D eigenvalue weighted by atomic mass is 9.44. The summed E-state index contributed by atoms with van der Waals surface area (Å²) in [7, 11) is 0. The first-order valence-electron chi connectivity index (χ1n) is 26.8. The van der Waals surface area contributed by atoms with E-state index in [1.807, 2.05) is 0 Å². The normalized spacial score (nSPS) is 58.2. The van der Waals surface area contributed by atoms with Crippen LogP contribution >= 0.6 is 0 Å². The molecule has 23 heteroatoms. The fourth-order valence-electron chi connectivity index (χ4n) is 15.9. The highest BCUT2D eigenvalue weighted by molar-refractivity contribution is 5.16. The van der Waals surface area contributed by atoms with Crippen molar-refractivity contribution < 1.29 is 114 Å². The molecule has 6 aliphatic heterocycles. The third-order valence-electron chi connectivity index (χ3n) is 20.0. The molecule has 0 aromatic heterocycles. The van der Waals surface area contributed by atoms with Crippen molar-refractivity contribution in [2.45, 2.75) is 226 Å². The first-order valence-corrected chi connectivity index (χ1v) is 26.8. The van der Waals surface area contributed by atoms with Gasteiger partial charge in [0.15, 0.2) is 30.9 Å². The maximum atomic E-state index is 12.0. The fourth-order valence-corrected chi connectivity index (χ4v) is 15.9. The Balaban J connectivity index is 0.824. The highest BCUT2D eigenvalue weighted by Gasteiger charge is 2.70. The van der Waals surface area contributed by atoms with Gasteiger partial charge in [0.05, 0.1) is 51.3 Å². The second kappa shape index (κ2) is 21.3. The number of ether oxygens (including phenoxy) is 10. The van der Waals surface area contributed by atoms with Crippen molar-refractivity contribution in [2.75, 3.05) is 33.0 Å². The lowest BCUT2D eigenvalue weighted by Crippen LogP contribution is -2.68. The quantitative estimate of drug-likeness (QED) is 0.0902. The molecule has 0 unspecified atom stereocenters. The Bertz CT molecular complexity index is 1860. The molecule has 4 saturated carbocycles. The molecular formula is C50H82O23. The van der Waals surface area contributed by atoms with Crippen LogP contribution in [0.5, 0.6) is 0 Å².